The summed E-state index contributed by atoms with van der Waals surface area (Å²) in [6.45, 7) is 1.89. The zero-order valence-electron chi connectivity index (χ0n) is 12.9. The van der Waals surface area contributed by atoms with Gasteiger partial charge in [0.2, 0.25) is 0 Å². The molecule has 0 amide bonds. The van der Waals surface area contributed by atoms with Gasteiger partial charge in [0, 0.05) is 16.9 Å². The molecule has 0 spiro atoms. The van der Waals surface area contributed by atoms with Crippen molar-refractivity contribution in [3.8, 4) is 5.75 Å². The van der Waals surface area contributed by atoms with E-state index in [1.54, 1.807) is 0 Å². The number of benzene rings is 2. The Morgan fingerprint density at radius 3 is 2.78 bits per heavy atom. The molecule has 0 saturated heterocycles. The maximum absolute atomic E-state index is 6.20. The van der Waals surface area contributed by atoms with Crippen LogP contribution < -0.4 is 20.9 Å². The highest BCUT2D eigenvalue weighted by molar-refractivity contribution is 5.97. The molecule has 3 aliphatic rings. The van der Waals surface area contributed by atoms with Crippen LogP contribution in [0.1, 0.15) is 12.5 Å². The summed E-state index contributed by atoms with van der Waals surface area (Å²) in [5.41, 5.74) is 7.95. The summed E-state index contributed by atoms with van der Waals surface area (Å²) in [5.74, 6) is 1.25. The molecule has 0 aromatic heterocycles. The van der Waals surface area contributed by atoms with Gasteiger partial charge in [-0.1, -0.05) is 54.6 Å². The summed E-state index contributed by atoms with van der Waals surface area (Å²) in [6, 6.07) is 8.45. The van der Waals surface area contributed by atoms with Gasteiger partial charge in [-0.15, -0.1) is 0 Å². The van der Waals surface area contributed by atoms with Crippen molar-refractivity contribution in [1.82, 2.24) is 0 Å². The Balaban J connectivity index is 2.02. The van der Waals surface area contributed by atoms with Crippen LogP contribution in [-0.2, 0) is 0 Å². The summed E-state index contributed by atoms with van der Waals surface area (Å²) in [7, 11) is 0. The lowest BCUT2D eigenvalue weighted by Crippen LogP contribution is -2.43. The second-order valence-electron chi connectivity index (χ2n) is 6.59. The molecule has 23 heavy (non-hydrogen) atoms. The molecule has 1 heterocycles. The predicted octanol–water partition coefficient (Wildman–Crippen LogP) is 2.61. The maximum Gasteiger partial charge on any atom is 0.175 e. The number of nitrogens with two attached hydrogens (primary N) is 1. The normalized spacial score (nSPS) is 26.5. The standard InChI is InChI=1S/C21H17NO/c1-21(22)11-10-17-18-12-13-6-2-3-7-14(13)19(18)15-8-4-5-9-16(15)20(17)23-21/h2-13H,22H2,1H3. The first-order chi connectivity index (χ1) is 11.1. The Morgan fingerprint density at radius 2 is 1.91 bits per heavy atom. The van der Waals surface area contributed by atoms with Crippen molar-refractivity contribution in [2.75, 3.05) is 0 Å². The first-order valence-corrected chi connectivity index (χ1v) is 7.97. The number of hydrogen-bond donors (Lipinski definition) is 1. The molecule has 2 aromatic carbocycles. The van der Waals surface area contributed by atoms with Crippen molar-refractivity contribution in [2.24, 2.45) is 11.7 Å². The summed E-state index contributed by atoms with van der Waals surface area (Å²) < 4.78 is 6.14. The molecule has 2 atom stereocenters. The van der Waals surface area contributed by atoms with E-state index in [4.69, 9.17) is 10.5 Å². The third kappa shape index (κ3) is 1.73. The van der Waals surface area contributed by atoms with Crippen LogP contribution in [0.15, 0.2) is 54.6 Å². The highest BCUT2D eigenvalue weighted by Crippen LogP contribution is 2.35. The smallest absolute Gasteiger partial charge is 0.175 e. The lowest BCUT2D eigenvalue weighted by atomic mass is 9.94. The molecular formula is C21H17NO. The highest BCUT2D eigenvalue weighted by Gasteiger charge is 2.28. The van der Waals surface area contributed by atoms with Crippen molar-refractivity contribution < 1.29 is 4.74 Å². The SMILES string of the molecule is CC1(N)C=Cc2c(c3ccccc3c3c2=CC2C=CC=CC=32)O1. The number of hydrogen-bond acceptors (Lipinski definition) is 2. The van der Waals surface area contributed by atoms with Gasteiger partial charge in [0.15, 0.2) is 5.72 Å². The van der Waals surface area contributed by atoms with Crippen LogP contribution in [0.4, 0.5) is 0 Å². The largest absolute Gasteiger partial charge is 0.468 e. The molecule has 0 bridgehead atoms. The minimum Gasteiger partial charge on any atom is -0.468 e. The maximum atomic E-state index is 6.20. The second kappa shape index (κ2) is 4.24. The molecule has 2 aromatic rings. The highest BCUT2D eigenvalue weighted by atomic mass is 16.5. The van der Waals surface area contributed by atoms with E-state index in [1.807, 2.05) is 13.0 Å². The zero-order chi connectivity index (χ0) is 15.6. The molecule has 2 aliphatic carbocycles. The summed E-state index contributed by atoms with van der Waals surface area (Å²) in [6.07, 6.45) is 15.1. The monoisotopic (exact) mass is 299 g/mol. The zero-order valence-corrected chi connectivity index (χ0v) is 12.9. The fourth-order valence-corrected chi connectivity index (χ4v) is 3.84. The minimum absolute atomic E-state index is 0.351. The van der Waals surface area contributed by atoms with E-state index in [-0.39, 0.29) is 0 Å². The Labute approximate surface area is 134 Å². The van der Waals surface area contributed by atoms with Gasteiger partial charge in [0.1, 0.15) is 5.75 Å². The van der Waals surface area contributed by atoms with Crippen molar-refractivity contribution in [3.63, 3.8) is 0 Å². The minimum atomic E-state index is -0.762. The molecule has 1 aliphatic heterocycles. The number of ether oxygens (including phenoxy) is 1. The number of allylic oxidation sites excluding steroid dienone is 4. The van der Waals surface area contributed by atoms with Gasteiger partial charge in [0.25, 0.3) is 0 Å². The third-order valence-corrected chi connectivity index (χ3v) is 4.85. The molecule has 2 heteroatoms. The van der Waals surface area contributed by atoms with Crippen LogP contribution in [0.3, 0.4) is 0 Å². The van der Waals surface area contributed by atoms with Crippen LogP contribution >= 0.6 is 0 Å². The van der Waals surface area contributed by atoms with Crippen molar-refractivity contribution >= 4 is 28.5 Å². The van der Waals surface area contributed by atoms with Gasteiger partial charge >= 0.3 is 0 Å². The number of fused-ring (bicyclic) bond motifs is 7. The topological polar surface area (TPSA) is 35.2 Å². The summed E-state index contributed by atoms with van der Waals surface area (Å²) in [4.78, 5) is 0. The van der Waals surface area contributed by atoms with Gasteiger partial charge in [-0.3, -0.25) is 5.73 Å². The van der Waals surface area contributed by atoms with E-state index in [1.165, 1.54) is 21.4 Å². The first-order valence-electron chi connectivity index (χ1n) is 7.97. The van der Waals surface area contributed by atoms with E-state index in [0.29, 0.717) is 5.92 Å². The Morgan fingerprint density at radius 1 is 1.09 bits per heavy atom. The molecule has 0 radical (unpaired) electrons. The third-order valence-electron chi connectivity index (χ3n) is 4.85. The molecule has 2 N–H and O–H groups in total. The summed E-state index contributed by atoms with van der Waals surface area (Å²) >= 11 is 0. The van der Waals surface area contributed by atoms with Crippen LogP contribution in [0.5, 0.6) is 5.75 Å². The fourth-order valence-electron chi connectivity index (χ4n) is 3.84. The van der Waals surface area contributed by atoms with Crippen molar-refractivity contribution in [1.29, 1.82) is 0 Å². The predicted molar refractivity (Wildman–Crippen MR) is 95.1 cm³/mol. The molecule has 2 nitrogen and oxygen atoms in total. The molecule has 2 unspecified atom stereocenters. The van der Waals surface area contributed by atoms with Crippen LogP contribution in [0, 0.1) is 5.92 Å². The van der Waals surface area contributed by atoms with Crippen LogP contribution in [0.25, 0.3) is 28.5 Å². The van der Waals surface area contributed by atoms with E-state index in [9.17, 15) is 0 Å². The Kier molecular flexibility index (Phi) is 2.38. The second-order valence-corrected chi connectivity index (χ2v) is 6.59. The lowest BCUT2D eigenvalue weighted by Gasteiger charge is -2.29. The fraction of sp³-hybridized carbons (Fsp3) is 0.143. The van der Waals surface area contributed by atoms with E-state index in [2.05, 4.69) is 60.7 Å². The molecular weight excluding hydrogens is 282 g/mol. The van der Waals surface area contributed by atoms with Crippen LogP contribution in [-0.4, -0.2) is 5.72 Å². The van der Waals surface area contributed by atoms with E-state index >= 15 is 0 Å². The van der Waals surface area contributed by atoms with Crippen molar-refractivity contribution in [2.45, 2.75) is 12.6 Å². The van der Waals surface area contributed by atoms with E-state index < -0.39 is 5.72 Å². The molecule has 112 valence electrons. The average Bonchev–Trinajstić information content (AvgIpc) is 2.94. The first kappa shape index (κ1) is 12.9. The molecule has 5 rings (SSSR count). The molecule has 0 saturated carbocycles. The Hall–Kier alpha value is -2.58. The quantitative estimate of drug-likeness (QED) is 0.811. The van der Waals surface area contributed by atoms with Crippen molar-refractivity contribution in [3.05, 3.63) is 70.6 Å². The Bertz CT molecular complexity index is 1070. The van der Waals surface area contributed by atoms with Gasteiger partial charge in [0.05, 0.1) is 0 Å². The van der Waals surface area contributed by atoms with E-state index in [0.717, 1.165) is 16.7 Å². The van der Waals surface area contributed by atoms with Gasteiger partial charge < -0.3 is 4.74 Å². The number of rotatable bonds is 0. The average molecular weight is 299 g/mol. The van der Waals surface area contributed by atoms with Crippen LogP contribution in [0.2, 0.25) is 0 Å². The van der Waals surface area contributed by atoms with Gasteiger partial charge in [-0.25, -0.2) is 0 Å². The summed E-state index contributed by atoms with van der Waals surface area (Å²) in [5, 5.41) is 4.97. The molecule has 0 fully saturated rings. The van der Waals surface area contributed by atoms with Gasteiger partial charge in [-0.05, 0) is 40.5 Å². The lowest BCUT2D eigenvalue weighted by molar-refractivity contribution is 0.148. The van der Waals surface area contributed by atoms with Gasteiger partial charge in [-0.2, -0.15) is 0 Å².